The van der Waals surface area contributed by atoms with E-state index in [2.05, 4.69) is 43.3 Å². The molecule has 10 heteroatoms. The fraction of sp³-hybridized carbons (Fsp3) is 0.476. The third-order valence-electron chi connectivity index (χ3n) is 4.75. The Morgan fingerprint density at radius 3 is 2.71 bits per heavy atom. The van der Waals surface area contributed by atoms with E-state index in [4.69, 9.17) is 9.73 Å². The highest BCUT2D eigenvalue weighted by atomic mass is 127. The molecule has 1 unspecified atom stereocenters. The van der Waals surface area contributed by atoms with E-state index in [1.165, 1.54) is 4.88 Å². The van der Waals surface area contributed by atoms with Crippen LogP contribution < -0.4 is 16.0 Å². The highest BCUT2D eigenvalue weighted by Gasteiger charge is 2.23. The quantitative estimate of drug-likeness (QED) is 0.189. The summed E-state index contributed by atoms with van der Waals surface area (Å²) >= 11 is 1.77. The van der Waals surface area contributed by atoms with Crippen molar-refractivity contribution in [2.45, 2.75) is 13.0 Å². The SMILES string of the molecule is CCNC(=NCC(c1cccs1)N1CCOCC1)NCCNC(=O)c1cccnc1.I. The molecule has 0 radical (unpaired) electrons. The van der Waals surface area contributed by atoms with Crippen molar-refractivity contribution in [2.24, 2.45) is 4.99 Å². The van der Waals surface area contributed by atoms with Crippen molar-refractivity contribution in [1.82, 2.24) is 25.8 Å². The standard InChI is InChI=1S/C21H30N6O2S.HI/c1-2-23-21(25-9-8-24-20(28)17-5-3-7-22-15-17)26-16-18(19-6-4-14-30-19)27-10-12-29-13-11-27;/h3-7,14-15,18H,2,8-13,16H2,1H3,(H,24,28)(H2,23,25,26);1H. The van der Waals surface area contributed by atoms with E-state index < -0.39 is 0 Å². The smallest absolute Gasteiger partial charge is 0.252 e. The number of halogens is 1. The van der Waals surface area contributed by atoms with Crippen LogP contribution in [0.25, 0.3) is 0 Å². The predicted octanol–water partition coefficient (Wildman–Crippen LogP) is 2.12. The molecule has 2 aromatic heterocycles. The number of thiophene rings is 1. The van der Waals surface area contributed by atoms with E-state index in [9.17, 15) is 4.79 Å². The molecule has 1 fully saturated rings. The van der Waals surface area contributed by atoms with Gasteiger partial charge in [-0.15, -0.1) is 35.3 Å². The maximum Gasteiger partial charge on any atom is 0.252 e. The number of pyridine rings is 1. The molecule has 1 aliphatic heterocycles. The molecular weight excluding hydrogens is 527 g/mol. The zero-order valence-electron chi connectivity index (χ0n) is 17.8. The van der Waals surface area contributed by atoms with Crippen LogP contribution in [0.4, 0.5) is 0 Å². The Labute approximate surface area is 204 Å². The molecule has 1 amide bonds. The van der Waals surface area contributed by atoms with Gasteiger partial charge in [0.2, 0.25) is 0 Å². The van der Waals surface area contributed by atoms with Gasteiger partial charge in [0.15, 0.2) is 5.96 Å². The van der Waals surface area contributed by atoms with Gasteiger partial charge in [-0.3, -0.25) is 19.7 Å². The minimum Gasteiger partial charge on any atom is -0.379 e. The van der Waals surface area contributed by atoms with Gasteiger partial charge in [-0.25, -0.2) is 0 Å². The van der Waals surface area contributed by atoms with Gasteiger partial charge in [-0.1, -0.05) is 6.07 Å². The van der Waals surface area contributed by atoms with E-state index in [0.29, 0.717) is 25.2 Å². The maximum atomic E-state index is 12.1. The predicted molar refractivity (Wildman–Crippen MR) is 135 cm³/mol. The third-order valence-corrected chi connectivity index (χ3v) is 5.72. The van der Waals surface area contributed by atoms with E-state index in [1.54, 1.807) is 35.9 Å². The van der Waals surface area contributed by atoms with Gasteiger partial charge in [0, 0.05) is 50.0 Å². The number of nitrogens with one attached hydrogen (secondary N) is 3. The van der Waals surface area contributed by atoms with Crippen LogP contribution in [0.15, 0.2) is 47.0 Å². The first-order valence-electron chi connectivity index (χ1n) is 10.3. The number of guanidine groups is 1. The summed E-state index contributed by atoms with van der Waals surface area (Å²) in [6.07, 6.45) is 3.21. The molecule has 2 aromatic rings. The van der Waals surface area contributed by atoms with Gasteiger partial charge in [0.25, 0.3) is 5.91 Å². The molecule has 1 saturated heterocycles. The number of aliphatic imine (C=N–C) groups is 1. The van der Waals surface area contributed by atoms with Crippen molar-refractivity contribution in [3.8, 4) is 0 Å². The Bertz CT molecular complexity index is 784. The van der Waals surface area contributed by atoms with Crippen molar-refractivity contribution in [2.75, 3.05) is 52.5 Å². The number of aromatic nitrogens is 1. The number of amides is 1. The highest BCUT2D eigenvalue weighted by molar-refractivity contribution is 14.0. The van der Waals surface area contributed by atoms with Crippen molar-refractivity contribution >= 4 is 47.2 Å². The molecule has 0 aromatic carbocycles. The summed E-state index contributed by atoms with van der Waals surface area (Å²) in [5.41, 5.74) is 0.558. The summed E-state index contributed by atoms with van der Waals surface area (Å²) in [4.78, 5) is 24.6. The van der Waals surface area contributed by atoms with E-state index in [1.807, 2.05) is 6.92 Å². The lowest BCUT2D eigenvalue weighted by atomic mass is 10.2. The van der Waals surface area contributed by atoms with Crippen molar-refractivity contribution < 1.29 is 9.53 Å². The average Bonchev–Trinajstić information content (AvgIpc) is 3.32. The molecule has 31 heavy (non-hydrogen) atoms. The lowest BCUT2D eigenvalue weighted by molar-refractivity contribution is 0.0186. The second-order valence-electron chi connectivity index (χ2n) is 6.82. The van der Waals surface area contributed by atoms with Crippen LogP contribution in [0.3, 0.4) is 0 Å². The minimum absolute atomic E-state index is 0. The van der Waals surface area contributed by atoms with Crippen LogP contribution in [0.1, 0.15) is 28.2 Å². The molecule has 0 aliphatic carbocycles. The van der Waals surface area contributed by atoms with Gasteiger partial charge in [-0.05, 0) is 30.5 Å². The first kappa shape index (κ1) is 25.5. The Balaban J connectivity index is 0.00000341. The lowest BCUT2D eigenvalue weighted by Crippen LogP contribution is -2.43. The molecule has 3 rings (SSSR count). The molecule has 170 valence electrons. The molecule has 1 aliphatic rings. The zero-order valence-corrected chi connectivity index (χ0v) is 20.9. The van der Waals surface area contributed by atoms with Crippen molar-refractivity contribution in [3.05, 3.63) is 52.5 Å². The largest absolute Gasteiger partial charge is 0.379 e. The first-order valence-corrected chi connectivity index (χ1v) is 11.2. The van der Waals surface area contributed by atoms with Gasteiger partial charge < -0.3 is 20.7 Å². The summed E-state index contributed by atoms with van der Waals surface area (Å²) in [5, 5.41) is 11.6. The fourth-order valence-electron chi connectivity index (χ4n) is 3.23. The summed E-state index contributed by atoms with van der Waals surface area (Å²) in [7, 11) is 0. The minimum atomic E-state index is -0.128. The maximum absolute atomic E-state index is 12.1. The molecule has 3 N–H and O–H groups in total. The number of hydrogen-bond donors (Lipinski definition) is 3. The second-order valence-corrected chi connectivity index (χ2v) is 7.80. The highest BCUT2D eigenvalue weighted by Crippen LogP contribution is 2.26. The normalized spacial score (nSPS) is 15.6. The molecule has 8 nitrogen and oxygen atoms in total. The number of nitrogens with zero attached hydrogens (tertiary/aromatic N) is 3. The number of ether oxygens (including phenoxy) is 1. The van der Waals surface area contributed by atoms with Crippen LogP contribution in [-0.2, 0) is 4.74 Å². The van der Waals surface area contributed by atoms with E-state index >= 15 is 0 Å². The van der Waals surface area contributed by atoms with Crippen LogP contribution in [0.5, 0.6) is 0 Å². The molecule has 0 spiro atoms. The monoisotopic (exact) mass is 558 g/mol. The summed E-state index contributed by atoms with van der Waals surface area (Å²) in [6, 6.07) is 8.01. The van der Waals surface area contributed by atoms with Gasteiger partial charge in [0.05, 0.1) is 31.4 Å². The van der Waals surface area contributed by atoms with Crippen LogP contribution in [0, 0.1) is 0 Å². The first-order chi connectivity index (χ1) is 14.8. The number of carbonyl (C=O) groups excluding carboxylic acids is 1. The topological polar surface area (TPSA) is 90.9 Å². The fourth-order valence-corrected chi connectivity index (χ4v) is 4.08. The summed E-state index contributed by atoms with van der Waals surface area (Å²) in [5.74, 6) is 0.625. The molecule has 0 saturated carbocycles. The van der Waals surface area contributed by atoms with Crippen molar-refractivity contribution in [1.29, 1.82) is 0 Å². The van der Waals surface area contributed by atoms with E-state index in [-0.39, 0.29) is 35.9 Å². The zero-order chi connectivity index (χ0) is 21.0. The third kappa shape index (κ3) is 8.36. The van der Waals surface area contributed by atoms with Gasteiger partial charge in [0.1, 0.15) is 0 Å². The van der Waals surface area contributed by atoms with Crippen molar-refractivity contribution in [3.63, 3.8) is 0 Å². The number of rotatable bonds is 9. The summed E-state index contributed by atoms with van der Waals surface area (Å²) in [6.45, 7) is 7.92. The molecule has 0 bridgehead atoms. The van der Waals surface area contributed by atoms with Gasteiger partial charge >= 0.3 is 0 Å². The Morgan fingerprint density at radius 1 is 1.23 bits per heavy atom. The van der Waals surface area contributed by atoms with Crippen LogP contribution in [-0.4, -0.2) is 74.2 Å². The van der Waals surface area contributed by atoms with E-state index in [0.717, 1.165) is 38.8 Å². The van der Waals surface area contributed by atoms with Gasteiger partial charge in [-0.2, -0.15) is 0 Å². The van der Waals surface area contributed by atoms with Crippen LogP contribution >= 0.6 is 35.3 Å². The second kappa shape index (κ2) is 14.3. The average molecular weight is 558 g/mol. The number of hydrogen-bond acceptors (Lipinski definition) is 6. The number of morpholine rings is 1. The Morgan fingerprint density at radius 2 is 2.03 bits per heavy atom. The summed E-state index contributed by atoms with van der Waals surface area (Å²) < 4.78 is 5.51. The lowest BCUT2D eigenvalue weighted by Gasteiger charge is -2.33. The number of carbonyl (C=O) groups is 1. The Hall–Kier alpha value is -1.76. The molecule has 3 heterocycles. The Kier molecular flexibility index (Phi) is 11.8. The molecule has 1 atom stereocenters. The molecular formula is C21H31IN6O2S. The van der Waals surface area contributed by atoms with Crippen LogP contribution in [0.2, 0.25) is 0 Å².